The van der Waals surface area contributed by atoms with Crippen molar-refractivity contribution in [1.82, 2.24) is 10.6 Å². The fourth-order valence-corrected chi connectivity index (χ4v) is 10.2. The monoisotopic (exact) mass is 1600 g/mol. The second-order valence-electron chi connectivity index (χ2n) is 24.9. The third-order valence-electron chi connectivity index (χ3n) is 15.8. The van der Waals surface area contributed by atoms with Crippen molar-refractivity contribution in [2.75, 3.05) is 68.9 Å². The van der Waals surface area contributed by atoms with Crippen LogP contribution in [0.1, 0.15) is 76.3 Å². The number of hydrogen-bond donors (Lipinski definition) is 8. The molecule has 10 N–H and O–H groups in total. The summed E-state index contributed by atoms with van der Waals surface area (Å²) in [6.07, 6.45) is 8.71. The van der Waals surface area contributed by atoms with Crippen LogP contribution >= 0.6 is 0 Å². The molecule has 115 heavy (non-hydrogen) atoms. The smallest absolute Gasteiger partial charge is 0.338 e. The van der Waals surface area contributed by atoms with Gasteiger partial charge in [0, 0.05) is 50.0 Å². The highest BCUT2D eigenvalue weighted by Crippen LogP contribution is 2.34. The number of aliphatic carboxylic acids is 2. The Balaban J connectivity index is 0.000000257. The van der Waals surface area contributed by atoms with Crippen LogP contribution < -0.4 is 64.7 Å². The number of esters is 2. The van der Waals surface area contributed by atoms with E-state index in [1.807, 2.05) is 59.2 Å². The summed E-state index contributed by atoms with van der Waals surface area (Å²) in [5.41, 5.74) is 16.9. The highest BCUT2D eigenvalue weighted by molar-refractivity contribution is 8.09. The minimum absolute atomic E-state index is 0.0987. The zero-order valence-electron chi connectivity index (χ0n) is 64.7. The summed E-state index contributed by atoms with van der Waals surface area (Å²) in [5, 5.41) is 31.3. The SMILES string of the molecule is CCOC(=O)CCc1ccc(Oc2ccc(/C(=C\c3cc(OC)cc(OC)c3)C(=O)O)cc2)cc1.COC(=O)/C(=C/c1cc(OC)cc(OC)c1)c1ccc(Oc2ccc(CCC(=O)NC(N)=O)cc2)cc1.COc1cc(/C=C(/C(=O)O)c2ccc(Oc3ccc(CCC(=O)NC(N)=O)cc3)cc2)cc(OC)c1.CS(C)(=O)(O)OO. The van der Waals surface area contributed by atoms with Gasteiger partial charge >= 0.3 is 35.9 Å². The van der Waals surface area contributed by atoms with Gasteiger partial charge in [-0.25, -0.2) is 33.4 Å². The third-order valence-corrected chi connectivity index (χ3v) is 16.3. The van der Waals surface area contributed by atoms with E-state index in [0.29, 0.717) is 140 Å². The Labute approximate surface area is 663 Å². The largest absolute Gasteiger partial charge is 0.497 e. The maximum Gasteiger partial charge on any atom is 0.338 e. The normalized spacial score (nSPS) is 11.3. The molecular formula is C85H90N4O25S. The molecule has 0 aliphatic rings. The van der Waals surface area contributed by atoms with Gasteiger partial charge in [0.1, 0.15) is 78.6 Å². The van der Waals surface area contributed by atoms with Crippen LogP contribution in [-0.2, 0) is 71.5 Å². The summed E-state index contributed by atoms with van der Waals surface area (Å²) in [5.74, 6) is 3.19. The average molecular weight is 1600 g/mol. The van der Waals surface area contributed by atoms with Crippen LogP contribution in [0.15, 0.2) is 200 Å². The van der Waals surface area contributed by atoms with Crippen LogP contribution in [0.4, 0.5) is 9.59 Å². The van der Waals surface area contributed by atoms with Gasteiger partial charge in [-0.2, -0.15) is 0 Å². The molecule has 0 heterocycles. The summed E-state index contributed by atoms with van der Waals surface area (Å²) in [6.45, 7) is 2.16. The number of imide groups is 2. The van der Waals surface area contributed by atoms with E-state index < -0.39 is 51.4 Å². The van der Waals surface area contributed by atoms with E-state index in [1.54, 1.807) is 191 Å². The molecule has 0 saturated heterocycles. The molecule has 6 amide bonds. The van der Waals surface area contributed by atoms with Gasteiger partial charge in [-0.15, -0.1) is 4.33 Å². The predicted molar refractivity (Wildman–Crippen MR) is 432 cm³/mol. The van der Waals surface area contributed by atoms with Crippen LogP contribution in [0, 0.1) is 0 Å². The number of urea groups is 2. The molecule has 30 heteroatoms. The average Bonchev–Trinajstić information content (AvgIpc) is 0.838. The number of nitrogens with one attached hydrogen (secondary N) is 2. The molecule has 0 spiro atoms. The van der Waals surface area contributed by atoms with E-state index in [9.17, 15) is 52.8 Å². The number of nitrogens with two attached hydrogens (primary N) is 2. The first-order valence-corrected chi connectivity index (χ1v) is 37.5. The van der Waals surface area contributed by atoms with E-state index >= 15 is 0 Å². The first-order chi connectivity index (χ1) is 54.8. The molecule has 9 aromatic rings. The van der Waals surface area contributed by atoms with Crippen LogP contribution in [0.5, 0.6) is 69.0 Å². The molecule has 0 aliphatic heterocycles. The Morgan fingerprint density at radius 3 is 0.852 bits per heavy atom. The van der Waals surface area contributed by atoms with Gasteiger partial charge in [-0.1, -0.05) is 72.8 Å². The highest BCUT2D eigenvalue weighted by atomic mass is 32.3. The van der Waals surface area contributed by atoms with Gasteiger partial charge in [0.25, 0.3) is 0 Å². The number of benzene rings is 9. The third kappa shape index (κ3) is 31.8. The second kappa shape index (κ2) is 44.3. The molecule has 0 aromatic heterocycles. The van der Waals surface area contributed by atoms with E-state index in [1.165, 1.54) is 35.5 Å². The van der Waals surface area contributed by atoms with Gasteiger partial charge in [0.15, 0.2) is 0 Å². The number of carboxylic acids is 2. The van der Waals surface area contributed by atoms with Crippen molar-refractivity contribution in [3.05, 3.63) is 250 Å². The van der Waals surface area contributed by atoms with Crippen LogP contribution in [0.25, 0.3) is 34.9 Å². The first kappa shape index (κ1) is 90.1. The lowest BCUT2D eigenvalue weighted by Gasteiger charge is -2.20. The minimum atomic E-state index is -4.06. The number of hydrogen-bond acceptors (Lipinski definition) is 22. The van der Waals surface area contributed by atoms with Crippen LogP contribution in [0.3, 0.4) is 0 Å². The van der Waals surface area contributed by atoms with Crippen molar-refractivity contribution >= 4 is 92.3 Å². The zero-order valence-corrected chi connectivity index (χ0v) is 65.5. The van der Waals surface area contributed by atoms with Crippen molar-refractivity contribution in [2.24, 2.45) is 11.5 Å². The summed E-state index contributed by atoms with van der Waals surface area (Å²) >= 11 is 0. The van der Waals surface area contributed by atoms with Crippen molar-refractivity contribution in [3.8, 4) is 69.0 Å². The molecule has 0 saturated carbocycles. The first-order valence-electron chi connectivity index (χ1n) is 34.9. The van der Waals surface area contributed by atoms with Gasteiger partial charge < -0.3 is 78.3 Å². The number of ether oxygens (including phenoxy) is 11. The number of carbonyl (C=O) groups excluding carboxylic acids is 6. The quantitative estimate of drug-likeness (QED) is 0.00638. The molecule has 0 atom stereocenters. The van der Waals surface area contributed by atoms with Crippen molar-refractivity contribution in [2.45, 2.75) is 45.4 Å². The Morgan fingerprint density at radius 1 is 0.383 bits per heavy atom. The molecule has 0 aliphatic carbocycles. The number of primary amides is 2. The Kier molecular flexibility index (Phi) is 34.7. The molecule has 0 bridgehead atoms. The van der Waals surface area contributed by atoms with Crippen molar-refractivity contribution in [1.29, 1.82) is 0 Å². The van der Waals surface area contributed by atoms with Crippen molar-refractivity contribution < 1.29 is 119 Å². The fraction of sp³-hybridized carbons (Fsp3) is 0.200. The number of methoxy groups -OCH3 is 7. The lowest BCUT2D eigenvalue weighted by molar-refractivity contribution is -0.143. The van der Waals surface area contributed by atoms with E-state index in [0.717, 1.165) is 29.2 Å². The molecule has 0 fully saturated rings. The molecule has 0 unspecified atom stereocenters. The minimum Gasteiger partial charge on any atom is -0.497 e. The van der Waals surface area contributed by atoms with Gasteiger partial charge in [0.05, 0.1) is 73.1 Å². The van der Waals surface area contributed by atoms with E-state index in [4.69, 9.17) is 73.4 Å². The number of aryl methyl sites for hydroxylation is 3. The molecule has 9 rings (SSSR count). The lowest BCUT2D eigenvalue weighted by Crippen LogP contribution is -2.35. The number of carbonyl (C=O) groups is 8. The molecule has 0 radical (unpaired) electrons. The molecular weight excluding hydrogens is 1510 g/mol. The summed E-state index contributed by atoms with van der Waals surface area (Å²) in [6, 6.07) is 56.3. The fourth-order valence-electron chi connectivity index (χ4n) is 10.2. The van der Waals surface area contributed by atoms with E-state index in [-0.39, 0.29) is 30.0 Å². The van der Waals surface area contributed by atoms with Gasteiger partial charge in [-0.3, -0.25) is 25.0 Å². The molecule has 606 valence electrons. The molecule has 9 aromatic carbocycles. The summed E-state index contributed by atoms with van der Waals surface area (Å²) < 4.78 is 81.1. The topological polar surface area (TPSA) is 421 Å². The Morgan fingerprint density at radius 2 is 0.626 bits per heavy atom. The highest BCUT2D eigenvalue weighted by Gasteiger charge is 2.20. The van der Waals surface area contributed by atoms with Gasteiger partial charge in [0.2, 0.25) is 11.8 Å². The van der Waals surface area contributed by atoms with Crippen LogP contribution in [0.2, 0.25) is 0 Å². The van der Waals surface area contributed by atoms with E-state index in [2.05, 4.69) is 4.33 Å². The lowest BCUT2D eigenvalue weighted by atomic mass is 10.0. The maximum absolute atomic E-state index is 12.5. The predicted octanol–water partition coefficient (Wildman–Crippen LogP) is 14.1. The maximum atomic E-state index is 12.5. The second-order valence-corrected chi connectivity index (χ2v) is 28.4. The van der Waals surface area contributed by atoms with Crippen LogP contribution in [-0.4, -0.2) is 141 Å². The number of rotatable bonds is 32. The Hall–Kier alpha value is -13.8. The summed E-state index contributed by atoms with van der Waals surface area (Å²) in [7, 11) is 6.51. The Bertz CT molecular complexity index is 4910. The molecule has 29 nitrogen and oxygen atoms in total. The standard InChI is InChI=1S/C28H28N2O7.C28H28O7.C27H26N2O7.C2H8O4S/c1-34-23-14-19(15-24(17-23)35-2)16-25(27(32)36-3)20-7-11-22(12-8-20)37-21-9-4-18(5-10-21)6-13-26(31)30-28(29)33;1-4-34-27(29)14-7-19-5-10-22(11-6-19)35-23-12-8-21(9-13-23)26(28(30)31)17-20-15-24(32-2)18-25(16-20)33-3;1-34-22-13-18(14-23(16-22)35-2)15-24(26(31)32)19-6-10-21(11-7-19)36-20-8-3-17(4-9-20)5-12-25(30)29-27(28)33;1-7(2,4,5)6-3/h4-5,7-12,14-17H,6,13H2,1-3H3,(H3,29,30,31,33);5-6,8-13,15-18H,4,7,14H2,1-3H3,(H,30,31);3-4,6-11,13-16H,5,12H2,1-2H3,(H,31,32)(H3,28,29,30,33);3H,1-2H3,(H,4,5)/b25-16+;26-17+;24-15+;. The van der Waals surface area contributed by atoms with Crippen molar-refractivity contribution in [3.63, 3.8) is 0 Å². The van der Waals surface area contributed by atoms with Gasteiger partial charge in [-0.05, 0) is 204 Å². The zero-order chi connectivity index (χ0) is 84.2. The number of amides is 6. The number of carboxylic acid groups (broad SMARTS) is 2. The summed E-state index contributed by atoms with van der Waals surface area (Å²) in [4.78, 5) is 92.5.